The molecule has 0 heterocycles. The topological polar surface area (TPSA) is 0 Å². The maximum absolute atomic E-state index is 1.95. The predicted molar refractivity (Wildman–Crippen MR) is 59.4 cm³/mol. The second kappa shape index (κ2) is 5.99. The van der Waals surface area contributed by atoms with Gasteiger partial charge >= 0.3 is 104 Å². The van der Waals surface area contributed by atoms with Crippen LogP contribution in [0.5, 0.6) is 0 Å². The minimum absolute atomic E-state index is 0.0991. The van der Waals surface area contributed by atoms with Crippen LogP contribution in [0.2, 0.25) is 11.1 Å². The zero-order chi connectivity index (χ0) is 9.80. The second-order valence-electron chi connectivity index (χ2n) is 5.13. The summed E-state index contributed by atoms with van der Waals surface area (Å²) in [5.41, 5.74) is 2.56. The van der Waals surface area contributed by atoms with Gasteiger partial charge in [0.25, 0.3) is 0 Å². The van der Waals surface area contributed by atoms with Gasteiger partial charge in [0.1, 0.15) is 0 Å². The van der Waals surface area contributed by atoms with E-state index >= 15 is 0 Å². The van der Waals surface area contributed by atoms with E-state index in [0.717, 1.165) is 0 Å². The van der Waals surface area contributed by atoms with Crippen LogP contribution in [0, 0.1) is 0 Å². The molecule has 0 N–H and O–H groups in total. The van der Waals surface area contributed by atoms with E-state index in [1.165, 1.54) is 23.9 Å². The van der Waals surface area contributed by atoms with Gasteiger partial charge in [-0.3, -0.25) is 0 Å². The van der Waals surface area contributed by atoms with Crippen LogP contribution < -0.4 is 0 Å². The van der Waals surface area contributed by atoms with Crippen molar-refractivity contribution in [1.82, 2.24) is 0 Å². The molecule has 0 radical (unpaired) electrons. The Labute approximate surface area is 104 Å². The molecule has 76 valence electrons. The molecule has 2 fully saturated rings. The van der Waals surface area contributed by atoms with Crippen molar-refractivity contribution in [2.45, 2.75) is 75.3 Å². The summed E-state index contributed by atoms with van der Waals surface area (Å²) in [5, 5.41) is 0. The molecule has 0 unspecified atom stereocenters. The molecule has 0 saturated heterocycles. The minimum atomic E-state index is 0.0991. The summed E-state index contributed by atoms with van der Waals surface area (Å²) >= 11 is 1.95. The van der Waals surface area contributed by atoms with Crippen LogP contribution in [-0.4, -0.2) is 5.43 Å². The normalized spacial score (nSPS) is 26.4. The van der Waals surface area contributed by atoms with Gasteiger partial charge < -0.3 is 0 Å². The van der Waals surface area contributed by atoms with Crippen molar-refractivity contribution in [3.63, 3.8) is 0 Å². The first-order valence-corrected chi connectivity index (χ1v) is 11.8. The molecule has 0 aromatic carbocycles. The zero-order valence-corrected chi connectivity index (χ0v) is 12.7. The molecule has 0 aromatic rings. The van der Waals surface area contributed by atoms with Crippen molar-refractivity contribution >= 4 is 5.43 Å². The molecule has 2 saturated carbocycles. The molecule has 0 aliphatic heterocycles. The van der Waals surface area contributed by atoms with E-state index in [9.17, 15) is 0 Å². The fraction of sp³-hybridized carbons (Fsp3) is 1.00. The third-order valence-corrected chi connectivity index (χ3v) is 13.0. The maximum atomic E-state index is 1.95. The molecule has 0 nitrogen and oxygen atoms in total. The van der Waals surface area contributed by atoms with Crippen LogP contribution in [0.15, 0.2) is 0 Å². The van der Waals surface area contributed by atoms with Crippen molar-refractivity contribution < 1.29 is 23.3 Å². The van der Waals surface area contributed by atoms with Crippen LogP contribution in [0.1, 0.15) is 64.2 Å². The van der Waals surface area contributed by atoms with Gasteiger partial charge in [0, 0.05) is 0 Å². The van der Waals surface area contributed by atoms with Crippen molar-refractivity contribution in [2.24, 2.45) is 0 Å². The Morgan fingerprint density at radius 2 is 1.00 bits per heavy atom. The van der Waals surface area contributed by atoms with E-state index < -0.39 is 0 Å². The molecule has 2 heteroatoms. The summed E-state index contributed by atoms with van der Waals surface area (Å²) in [7, 11) is 0. The van der Waals surface area contributed by atoms with Crippen LogP contribution >= 0.6 is 0 Å². The first-order valence-electron chi connectivity index (χ1n) is 6.46. The quantitative estimate of drug-likeness (QED) is 0.667. The van der Waals surface area contributed by atoms with E-state index in [4.69, 9.17) is 0 Å². The molecular weight excluding hydrogens is 263 g/mol. The van der Waals surface area contributed by atoms with Crippen LogP contribution in [0.3, 0.4) is 0 Å². The summed E-state index contributed by atoms with van der Waals surface area (Å²) in [6.07, 6.45) is 15.7. The molecule has 0 atom stereocenters. The van der Waals surface area contributed by atoms with E-state index in [0.29, 0.717) is 0 Å². The van der Waals surface area contributed by atoms with Gasteiger partial charge in [-0.25, -0.2) is 0 Å². The average molecular weight is 286 g/mol. The molecular formula is C12H22SiZr+2. The Morgan fingerprint density at radius 3 is 1.36 bits per heavy atom. The van der Waals surface area contributed by atoms with Crippen molar-refractivity contribution in [3.8, 4) is 0 Å². The molecule has 0 amide bonds. The van der Waals surface area contributed by atoms with Crippen LogP contribution in [0.4, 0.5) is 0 Å². The first-order chi connectivity index (χ1) is 6.88. The van der Waals surface area contributed by atoms with Gasteiger partial charge in [0.15, 0.2) is 0 Å². The molecule has 0 spiro atoms. The SMILES string of the molecule is [Zr+2]=[Si](C1CCCCC1)C1CCCCC1. The fourth-order valence-electron chi connectivity index (χ4n) is 3.16. The molecule has 0 bridgehead atoms. The van der Waals surface area contributed by atoms with Crippen molar-refractivity contribution in [2.75, 3.05) is 0 Å². The standard InChI is InChI=1S/C12H22Si.Zr/c1-3-7-11(8-4-1)13-12-9-5-2-6-10-12;/h11-12H,1-10H2;/q;+2. The molecule has 14 heavy (non-hydrogen) atoms. The summed E-state index contributed by atoms with van der Waals surface area (Å²) in [6, 6.07) is 0. The van der Waals surface area contributed by atoms with Gasteiger partial charge in [0.05, 0.1) is 0 Å². The Morgan fingerprint density at radius 1 is 0.643 bits per heavy atom. The Hall–Kier alpha value is 1.10. The van der Waals surface area contributed by atoms with Crippen LogP contribution in [-0.2, 0) is 23.3 Å². The summed E-state index contributed by atoms with van der Waals surface area (Å²) in [5.74, 6) is 0. The summed E-state index contributed by atoms with van der Waals surface area (Å²) < 4.78 is 0. The van der Waals surface area contributed by atoms with Gasteiger partial charge in [-0.15, -0.1) is 0 Å². The Bertz CT molecular complexity index is 170. The van der Waals surface area contributed by atoms with Gasteiger partial charge in [-0.1, -0.05) is 0 Å². The molecule has 2 rings (SSSR count). The second-order valence-corrected chi connectivity index (χ2v) is 11.9. The van der Waals surface area contributed by atoms with E-state index in [2.05, 4.69) is 0 Å². The Balaban J connectivity index is 1.85. The average Bonchev–Trinajstić information content (AvgIpc) is 2.30. The predicted octanol–water partition coefficient (Wildman–Crippen LogP) is 4.19. The summed E-state index contributed by atoms with van der Waals surface area (Å²) in [6.45, 7) is 0. The monoisotopic (exact) mass is 284 g/mol. The van der Waals surface area contributed by atoms with Crippen LogP contribution in [0.25, 0.3) is 0 Å². The Kier molecular flexibility index (Phi) is 4.95. The van der Waals surface area contributed by atoms with E-state index in [-0.39, 0.29) is 5.43 Å². The number of rotatable bonds is 2. The molecule has 2 aliphatic carbocycles. The summed E-state index contributed by atoms with van der Waals surface area (Å²) in [4.78, 5) is 0. The number of hydrogen-bond donors (Lipinski definition) is 0. The fourth-order valence-corrected chi connectivity index (χ4v) is 10.1. The third kappa shape index (κ3) is 3.04. The van der Waals surface area contributed by atoms with Gasteiger partial charge in [-0.05, 0) is 0 Å². The van der Waals surface area contributed by atoms with Crippen molar-refractivity contribution in [1.29, 1.82) is 0 Å². The van der Waals surface area contributed by atoms with E-state index in [1.54, 1.807) is 51.4 Å². The zero-order valence-electron chi connectivity index (χ0n) is 9.23. The third-order valence-electron chi connectivity index (χ3n) is 4.09. The number of hydrogen-bond acceptors (Lipinski definition) is 0. The van der Waals surface area contributed by atoms with E-state index in [1.807, 2.05) is 23.3 Å². The van der Waals surface area contributed by atoms with Crippen molar-refractivity contribution in [3.05, 3.63) is 0 Å². The van der Waals surface area contributed by atoms with Gasteiger partial charge in [-0.2, -0.15) is 0 Å². The molecule has 2 aliphatic rings. The van der Waals surface area contributed by atoms with Gasteiger partial charge in [0.2, 0.25) is 0 Å². The first kappa shape index (κ1) is 11.6. The molecule has 0 aromatic heterocycles.